The maximum absolute atomic E-state index is 13.7. The molecule has 0 bridgehead atoms. The maximum Gasteiger partial charge on any atom is 0.145 e. The van der Waals surface area contributed by atoms with E-state index in [4.69, 9.17) is 5.26 Å². The van der Waals surface area contributed by atoms with E-state index in [0.717, 1.165) is 12.3 Å². The topological polar surface area (TPSA) is 27.0 Å². The van der Waals surface area contributed by atoms with Gasteiger partial charge >= 0.3 is 0 Å². The fourth-order valence-electron chi connectivity index (χ4n) is 1.41. The van der Waals surface area contributed by atoms with Crippen LogP contribution in [0.3, 0.4) is 0 Å². The quantitative estimate of drug-likeness (QED) is 0.788. The lowest BCUT2D eigenvalue weighted by Crippen LogP contribution is -2.21. The van der Waals surface area contributed by atoms with Gasteiger partial charge in [0.1, 0.15) is 11.9 Å². The lowest BCUT2D eigenvalue weighted by atomic mass is 10.1. The number of nitriles is 1. The number of hydrogen-bond acceptors (Lipinski definition) is 3. The maximum atomic E-state index is 13.7. The summed E-state index contributed by atoms with van der Waals surface area (Å²) in [6.45, 7) is 1.46. The summed E-state index contributed by atoms with van der Waals surface area (Å²) in [6.07, 6.45) is 2.05. The van der Waals surface area contributed by atoms with Crippen molar-refractivity contribution in [3.8, 4) is 6.07 Å². The van der Waals surface area contributed by atoms with Crippen LogP contribution < -0.4 is 0 Å². The van der Waals surface area contributed by atoms with Gasteiger partial charge in [-0.05, 0) is 19.4 Å². The van der Waals surface area contributed by atoms with Crippen molar-refractivity contribution in [2.45, 2.75) is 6.54 Å². The van der Waals surface area contributed by atoms with Crippen molar-refractivity contribution in [3.63, 3.8) is 0 Å². The lowest BCUT2D eigenvalue weighted by Gasteiger charge is -2.16. The second-order valence-electron chi connectivity index (χ2n) is 3.62. The van der Waals surface area contributed by atoms with Crippen LogP contribution in [-0.2, 0) is 6.54 Å². The Morgan fingerprint density at radius 3 is 2.88 bits per heavy atom. The van der Waals surface area contributed by atoms with Crippen molar-refractivity contribution < 1.29 is 4.39 Å². The van der Waals surface area contributed by atoms with Gasteiger partial charge in [0.25, 0.3) is 0 Å². The molecule has 2 nitrogen and oxygen atoms in total. The van der Waals surface area contributed by atoms with Crippen LogP contribution in [0, 0.1) is 17.1 Å². The summed E-state index contributed by atoms with van der Waals surface area (Å²) < 4.78 is 13.7. The molecule has 0 aliphatic heterocycles. The van der Waals surface area contributed by atoms with Crippen molar-refractivity contribution in [1.29, 1.82) is 5.26 Å². The van der Waals surface area contributed by atoms with Gasteiger partial charge in [-0.25, -0.2) is 4.39 Å². The van der Waals surface area contributed by atoms with E-state index in [-0.39, 0.29) is 11.4 Å². The van der Waals surface area contributed by atoms with Gasteiger partial charge in [-0.1, -0.05) is 12.1 Å². The summed E-state index contributed by atoms with van der Waals surface area (Å²) in [4.78, 5) is 2.05. The Balaban J connectivity index is 2.70. The zero-order valence-corrected chi connectivity index (χ0v) is 10.4. The van der Waals surface area contributed by atoms with E-state index < -0.39 is 0 Å². The number of nitrogens with zero attached hydrogens (tertiary/aromatic N) is 2. The molecule has 0 spiro atoms. The van der Waals surface area contributed by atoms with Gasteiger partial charge in [0, 0.05) is 24.4 Å². The van der Waals surface area contributed by atoms with Gasteiger partial charge in [-0.2, -0.15) is 17.0 Å². The molecule has 16 heavy (non-hydrogen) atoms. The molecule has 1 aromatic carbocycles. The average Bonchev–Trinajstić information content (AvgIpc) is 2.29. The standard InChI is InChI=1S/C12H15FN2S/c1-15(6-7-16-2)9-11-5-3-4-10(8-14)12(11)13/h3-5H,6-7,9H2,1-2H3. The summed E-state index contributed by atoms with van der Waals surface area (Å²) in [5.41, 5.74) is 0.707. The third-order valence-corrected chi connectivity index (χ3v) is 2.91. The Bertz CT molecular complexity index is 387. The zero-order valence-electron chi connectivity index (χ0n) is 9.53. The number of rotatable bonds is 5. The molecule has 0 saturated heterocycles. The molecule has 4 heteroatoms. The molecule has 0 aliphatic carbocycles. The van der Waals surface area contributed by atoms with Crippen molar-refractivity contribution in [2.75, 3.05) is 25.6 Å². The number of thioether (sulfide) groups is 1. The van der Waals surface area contributed by atoms with E-state index in [9.17, 15) is 4.39 Å². The minimum absolute atomic E-state index is 0.121. The van der Waals surface area contributed by atoms with Crippen molar-refractivity contribution in [1.82, 2.24) is 4.90 Å². The fourth-order valence-corrected chi connectivity index (χ4v) is 1.90. The van der Waals surface area contributed by atoms with Crippen LogP contribution >= 0.6 is 11.8 Å². The molecule has 1 aromatic rings. The molecule has 1 rings (SSSR count). The normalized spacial score (nSPS) is 10.4. The minimum atomic E-state index is -0.388. The van der Waals surface area contributed by atoms with Crippen LogP contribution in [0.1, 0.15) is 11.1 Å². The monoisotopic (exact) mass is 238 g/mol. The van der Waals surface area contributed by atoms with Gasteiger partial charge in [0.2, 0.25) is 0 Å². The smallest absolute Gasteiger partial charge is 0.145 e. The summed E-state index contributed by atoms with van der Waals surface area (Å²) in [5, 5.41) is 8.71. The molecular formula is C12H15FN2S. The van der Waals surface area contributed by atoms with E-state index in [2.05, 4.69) is 4.90 Å². The van der Waals surface area contributed by atoms with Crippen LogP contribution in [0.15, 0.2) is 18.2 Å². The van der Waals surface area contributed by atoms with Gasteiger partial charge in [-0.3, -0.25) is 0 Å². The summed E-state index contributed by atoms with van der Waals surface area (Å²) in [7, 11) is 1.95. The minimum Gasteiger partial charge on any atom is -0.301 e. The second-order valence-corrected chi connectivity index (χ2v) is 4.61. The highest BCUT2D eigenvalue weighted by atomic mass is 32.2. The van der Waals surface area contributed by atoms with Crippen LogP contribution in [0.4, 0.5) is 4.39 Å². The number of hydrogen-bond donors (Lipinski definition) is 0. The highest BCUT2D eigenvalue weighted by Gasteiger charge is 2.09. The van der Waals surface area contributed by atoms with E-state index in [1.165, 1.54) is 6.07 Å². The molecule has 0 radical (unpaired) electrons. The first kappa shape index (κ1) is 13.0. The van der Waals surface area contributed by atoms with Crippen LogP contribution in [0.2, 0.25) is 0 Å². The second kappa shape index (κ2) is 6.51. The van der Waals surface area contributed by atoms with Crippen molar-refractivity contribution in [3.05, 3.63) is 35.1 Å². The largest absolute Gasteiger partial charge is 0.301 e. The molecule has 0 aromatic heterocycles. The lowest BCUT2D eigenvalue weighted by molar-refractivity contribution is 0.342. The third kappa shape index (κ3) is 3.51. The van der Waals surface area contributed by atoms with Gasteiger partial charge in [0.15, 0.2) is 0 Å². The SMILES string of the molecule is CSCCN(C)Cc1cccc(C#N)c1F. The fraction of sp³-hybridized carbons (Fsp3) is 0.417. The van der Waals surface area contributed by atoms with Crippen LogP contribution in [-0.4, -0.2) is 30.5 Å². The van der Waals surface area contributed by atoms with Gasteiger partial charge in [-0.15, -0.1) is 0 Å². The first-order valence-electron chi connectivity index (χ1n) is 5.04. The summed E-state index contributed by atoms with van der Waals surface area (Å²) in [6, 6.07) is 6.80. The molecule has 0 saturated carbocycles. The van der Waals surface area contributed by atoms with Crippen LogP contribution in [0.25, 0.3) is 0 Å². The van der Waals surface area contributed by atoms with Gasteiger partial charge < -0.3 is 4.90 Å². The average molecular weight is 238 g/mol. The van der Waals surface area contributed by atoms with Crippen molar-refractivity contribution in [2.24, 2.45) is 0 Å². The van der Waals surface area contributed by atoms with E-state index in [1.54, 1.807) is 23.9 Å². The molecular weight excluding hydrogens is 223 g/mol. The van der Waals surface area contributed by atoms with Crippen molar-refractivity contribution >= 4 is 11.8 Å². The predicted octanol–water partition coefficient (Wildman–Crippen LogP) is 2.49. The Labute approximate surface area is 100 Å². The Morgan fingerprint density at radius 1 is 1.50 bits per heavy atom. The first-order valence-corrected chi connectivity index (χ1v) is 6.43. The first-order chi connectivity index (χ1) is 7.69. The third-order valence-electron chi connectivity index (χ3n) is 2.32. The Kier molecular flexibility index (Phi) is 5.30. The van der Waals surface area contributed by atoms with Crippen LogP contribution in [0.5, 0.6) is 0 Å². The molecule has 0 amide bonds. The number of halogens is 1. The highest BCUT2D eigenvalue weighted by molar-refractivity contribution is 7.98. The zero-order chi connectivity index (χ0) is 12.0. The molecule has 0 fully saturated rings. The predicted molar refractivity (Wildman–Crippen MR) is 65.8 cm³/mol. The Hall–Kier alpha value is -1.05. The molecule has 0 unspecified atom stereocenters. The highest BCUT2D eigenvalue weighted by Crippen LogP contribution is 2.13. The summed E-state index contributed by atoms with van der Waals surface area (Å²) in [5.74, 6) is 0.636. The summed E-state index contributed by atoms with van der Waals surface area (Å²) >= 11 is 1.76. The van der Waals surface area contributed by atoms with E-state index in [0.29, 0.717) is 12.1 Å². The molecule has 0 N–H and O–H groups in total. The Morgan fingerprint density at radius 2 is 2.25 bits per heavy atom. The molecule has 0 aliphatic rings. The molecule has 0 heterocycles. The molecule has 0 atom stereocenters. The molecule has 86 valence electrons. The van der Waals surface area contributed by atoms with E-state index >= 15 is 0 Å². The van der Waals surface area contributed by atoms with E-state index in [1.807, 2.05) is 19.4 Å². The number of benzene rings is 1. The van der Waals surface area contributed by atoms with Gasteiger partial charge in [0.05, 0.1) is 5.56 Å².